The van der Waals surface area contributed by atoms with Gasteiger partial charge in [-0.2, -0.15) is 0 Å². The molecule has 0 bridgehead atoms. The van der Waals surface area contributed by atoms with Crippen molar-refractivity contribution in [2.24, 2.45) is 0 Å². The number of carbonyl (C=O) groups excluding carboxylic acids is 1. The van der Waals surface area contributed by atoms with E-state index in [-0.39, 0.29) is 28.7 Å². The molecule has 0 spiro atoms. The maximum Gasteiger partial charge on any atom is 0.280 e. The molecule has 2 aromatic carbocycles. The molecule has 9 heteroatoms. The van der Waals surface area contributed by atoms with Crippen molar-refractivity contribution in [3.05, 3.63) is 73.6 Å². The van der Waals surface area contributed by atoms with E-state index in [0.717, 1.165) is 4.68 Å². The SMILES string of the molecule is CC(=O)Nc1ccc(Cn2nc(O)c3[nH]c4cc(Cl)ccc4c(=O)c3c2=O)cc1. The van der Waals surface area contributed by atoms with Gasteiger partial charge in [-0.05, 0) is 35.9 Å². The van der Waals surface area contributed by atoms with Crippen LogP contribution in [-0.4, -0.2) is 25.8 Å². The van der Waals surface area contributed by atoms with Crippen LogP contribution in [0.2, 0.25) is 5.02 Å². The van der Waals surface area contributed by atoms with E-state index in [1.54, 1.807) is 36.4 Å². The van der Waals surface area contributed by atoms with Gasteiger partial charge in [0.1, 0.15) is 10.9 Å². The van der Waals surface area contributed by atoms with E-state index in [1.165, 1.54) is 13.0 Å². The summed E-state index contributed by atoms with van der Waals surface area (Å²) in [4.78, 5) is 39.8. The number of rotatable bonds is 3. The Morgan fingerprint density at radius 2 is 1.93 bits per heavy atom. The number of fused-ring (bicyclic) bond motifs is 2. The van der Waals surface area contributed by atoms with E-state index in [4.69, 9.17) is 11.6 Å². The molecular weight excluding hydrogens is 396 g/mol. The van der Waals surface area contributed by atoms with Crippen molar-refractivity contribution in [1.82, 2.24) is 14.8 Å². The van der Waals surface area contributed by atoms with Crippen LogP contribution < -0.4 is 16.3 Å². The summed E-state index contributed by atoms with van der Waals surface area (Å²) in [7, 11) is 0. The van der Waals surface area contributed by atoms with Crippen LogP contribution in [0.1, 0.15) is 12.5 Å². The molecule has 4 rings (SSSR count). The van der Waals surface area contributed by atoms with E-state index in [0.29, 0.717) is 21.8 Å². The summed E-state index contributed by atoms with van der Waals surface area (Å²) < 4.78 is 1.03. The lowest BCUT2D eigenvalue weighted by atomic mass is 10.1. The third-order valence-corrected chi connectivity index (χ3v) is 4.69. The number of H-pyrrole nitrogens is 1. The summed E-state index contributed by atoms with van der Waals surface area (Å²) in [6.45, 7) is 1.45. The van der Waals surface area contributed by atoms with Crippen molar-refractivity contribution >= 4 is 45.0 Å². The van der Waals surface area contributed by atoms with Crippen LogP contribution in [0.5, 0.6) is 5.88 Å². The van der Waals surface area contributed by atoms with Crippen molar-refractivity contribution in [2.45, 2.75) is 13.5 Å². The molecule has 3 N–H and O–H groups in total. The lowest BCUT2D eigenvalue weighted by Crippen LogP contribution is -2.28. The normalized spacial score (nSPS) is 11.1. The first-order chi connectivity index (χ1) is 13.8. The highest BCUT2D eigenvalue weighted by molar-refractivity contribution is 6.31. The average molecular weight is 411 g/mol. The van der Waals surface area contributed by atoms with Gasteiger partial charge in [-0.1, -0.05) is 23.7 Å². The standard InChI is InChI=1S/C20H15ClN4O4/c1-10(26)22-13-5-2-11(3-6-13)9-25-20(29)16-17(19(28)24-25)23-15-8-12(21)4-7-14(15)18(16)27/h2-8H,9H2,1H3,(H,22,26)(H,23,27)(H,24,28). The number of aromatic hydroxyl groups is 1. The molecule has 1 amide bonds. The number of carbonyl (C=O) groups is 1. The van der Waals surface area contributed by atoms with Crippen LogP contribution in [0.25, 0.3) is 21.8 Å². The monoisotopic (exact) mass is 410 g/mol. The second-order valence-corrected chi connectivity index (χ2v) is 6.99. The molecule has 4 aromatic rings. The van der Waals surface area contributed by atoms with E-state index in [2.05, 4.69) is 15.4 Å². The quantitative estimate of drug-likeness (QED) is 0.449. The first kappa shape index (κ1) is 18.7. The topological polar surface area (TPSA) is 117 Å². The molecule has 0 aliphatic carbocycles. The lowest BCUT2D eigenvalue weighted by Gasteiger charge is -2.10. The average Bonchev–Trinajstić information content (AvgIpc) is 2.66. The summed E-state index contributed by atoms with van der Waals surface area (Å²) >= 11 is 5.96. The molecule has 0 saturated heterocycles. The smallest absolute Gasteiger partial charge is 0.280 e. The van der Waals surface area contributed by atoms with Gasteiger partial charge in [0.2, 0.25) is 11.3 Å². The molecule has 0 saturated carbocycles. The number of nitrogens with zero attached hydrogens (tertiary/aromatic N) is 2. The Balaban J connectivity index is 1.83. The summed E-state index contributed by atoms with van der Waals surface area (Å²) in [6, 6.07) is 11.4. The van der Waals surface area contributed by atoms with Gasteiger partial charge < -0.3 is 15.4 Å². The molecule has 29 heavy (non-hydrogen) atoms. The van der Waals surface area contributed by atoms with Crippen LogP contribution in [-0.2, 0) is 11.3 Å². The molecule has 0 unspecified atom stereocenters. The van der Waals surface area contributed by atoms with Gasteiger partial charge in [-0.15, -0.1) is 5.10 Å². The van der Waals surface area contributed by atoms with Gasteiger partial charge >= 0.3 is 0 Å². The van der Waals surface area contributed by atoms with Gasteiger partial charge in [0.15, 0.2) is 0 Å². The number of halogens is 1. The highest BCUT2D eigenvalue weighted by atomic mass is 35.5. The van der Waals surface area contributed by atoms with E-state index >= 15 is 0 Å². The second kappa shape index (κ2) is 7.06. The fourth-order valence-electron chi connectivity index (χ4n) is 3.15. The third-order valence-electron chi connectivity index (χ3n) is 4.46. The number of anilines is 1. The van der Waals surface area contributed by atoms with Crippen LogP contribution in [0.4, 0.5) is 5.69 Å². The molecule has 0 atom stereocenters. The number of nitrogens with one attached hydrogen (secondary N) is 2. The number of amides is 1. The highest BCUT2D eigenvalue weighted by Crippen LogP contribution is 2.21. The number of aromatic amines is 1. The molecule has 0 radical (unpaired) electrons. The zero-order valence-corrected chi connectivity index (χ0v) is 15.9. The number of pyridine rings is 1. The first-order valence-corrected chi connectivity index (χ1v) is 9.03. The highest BCUT2D eigenvalue weighted by Gasteiger charge is 2.16. The van der Waals surface area contributed by atoms with Crippen molar-refractivity contribution < 1.29 is 9.90 Å². The third kappa shape index (κ3) is 3.45. The predicted octanol–water partition coefficient (Wildman–Crippen LogP) is 2.60. The zero-order valence-electron chi connectivity index (χ0n) is 15.2. The Bertz CT molecular complexity index is 1390. The number of hydrogen-bond acceptors (Lipinski definition) is 5. The number of hydrogen-bond donors (Lipinski definition) is 3. The van der Waals surface area contributed by atoms with E-state index in [9.17, 15) is 19.5 Å². The molecule has 0 aliphatic rings. The maximum atomic E-state index is 12.9. The first-order valence-electron chi connectivity index (χ1n) is 8.65. The Labute approximate surface area is 168 Å². The number of aromatic nitrogens is 3. The predicted molar refractivity (Wildman–Crippen MR) is 111 cm³/mol. The van der Waals surface area contributed by atoms with Crippen LogP contribution in [0.15, 0.2) is 52.1 Å². The van der Waals surface area contributed by atoms with Crippen molar-refractivity contribution in [2.75, 3.05) is 5.32 Å². The van der Waals surface area contributed by atoms with Crippen molar-refractivity contribution in [1.29, 1.82) is 0 Å². The van der Waals surface area contributed by atoms with Crippen LogP contribution in [0.3, 0.4) is 0 Å². The van der Waals surface area contributed by atoms with Crippen LogP contribution >= 0.6 is 11.6 Å². The van der Waals surface area contributed by atoms with Crippen LogP contribution in [0, 0.1) is 0 Å². The molecule has 2 heterocycles. The molecule has 146 valence electrons. The summed E-state index contributed by atoms with van der Waals surface area (Å²) in [5, 5.41) is 17.4. The minimum atomic E-state index is -0.623. The lowest BCUT2D eigenvalue weighted by molar-refractivity contribution is -0.114. The molecular formula is C20H15ClN4O4. The van der Waals surface area contributed by atoms with Crippen molar-refractivity contribution in [3.8, 4) is 5.88 Å². The zero-order chi connectivity index (χ0) is 20.7. The molecule has 8 nitrogen and oxygen atoms in total. The van der Waals surface area contributed by atoms with Crippen molar-refractivity contribution in [3.63, 3.8) is 0 Å². The fraction of sp³-hybridized carbons (Fsp3) is 0.100. The van der Waals surface area contributed by atoms with E-state index in [1.807, 2.05) is 0 Å². The minimum Gasteiger partial charge on any atom is -0.491 e. The Hall–Kier alpha value is -3.65. The van der Waals surface area contributed by atoms with Gasteiger partial charge in [0, 0.05) is 23.0 Å². The van der Waals surface area contributed by atoms with E-state index < -0.39 is 16.9 Å². The fourth-order valence-corrected chi connectivity index (χ4v) is 3.32. The minimum absolute atomic E-state index is 0.0352. The van der Waals surface area contributed by atoms with Gasteiger partial charge in [-0.25, -0.2) is 4.68 Å². The molecule has 0 aliphatic heterocycles. The van der Waals surface area contributed by atoms with Gasteiger partial charge in [0.05, 0.1) is 12.1 Å². The Kier molecular flexibility index (Phi) is 4.56. The Morgan fingerprint density at radius 3 is 2.62 bits per heavy atom. The maximum absolute atomic E-state index is 12.9. The molecule has 2 aromatic heterocycles. The Morgan fingerprint density at radius 1 is 1.21 bits per heavy atom. The molecule has 0 fully saturated rings. The van der Waals surface area contributed by atoms with Gasteiger partial charge in [-0.3, -0.25) is 14.4 Å². The summed E-state index contributed by atoms with van der Waals surface area (Å²) in [5.41, 5.74) is 0.551. The van der Waals surface area contributed by atoms with Gasteiger partial charge in [0.25, 0.3) is 11.4 Å². The second-order valence-electron chi connectivity index (χ2n) is 6.56. The summed E-state index contributed by atoms with van der Waals surface area (Å²) in [5.74, 6) is -0.656. The largest absolute Gasteiger partial charge is 0.491 e. The number of benzene rings is 2. The summed E-state index contributed by atoms with van der Waals surface area (Å²) in [6.07, 6.45) is 0.